The molecule has 38 heavy (non-hydrogen) atoms. The molecule has 1 atom stereocenters. The minimum absolute atomic E-state index is 0.0163. The quantitative estimate of drug-likeness (QED) is 0.197. The van der Waals surface area contributed by atoms with Crippen LogP contribution in [0.1, 0.15) is 60.1 Å². The van der Waals surface area contributed by atoms with E-state index in [0.717, 1.165) is 17.4 Å². The van der Waals surface area contributed by atoms with Gasteiger partial charge in [0.2, 0.25) is 0 Å². The molecular weight excluding hydrogens is 604 g/mol. The number of nitrogens with zero attached hydrogens (tertiary/aromatic N) is 2. The minimum Gasteiger partial charge on any atom is -0.369 e. The molecule has 0 unspecified atom stereocenters. The average Bonchev–Trinajstić information content (AvgIpc) is 3.38. The Hall–Kier alpha value is -1.55. The Morgan fingerprint density at radius 2 is 1.21 bits per heavy atom. The maximum absolute atomic E-state index is 11.3. The maximum Gasteiger partial charge on any atom is 0.140 e. The van der Waals surface area contributed by atoms with Gasteiger partial charge in [0.25, 0.3) is 0 Å². The predicted molar refractivity (Wildman–Crippen MR) is 159 cm³/mol. The molecule has 0 spiro atoms. The predicted octanol–water partition coefficient (Wildman–Crippen LogP) is 7.48. The van der Waals surface area contributed by atoms with E-state index in [1.807, 2.05) is 6.42 Å². The summed E-state index contributed by atoms with van der Waals surface area (Å²) in [5.41, 5.74) is 9.49. The number of halogens is 2. The van der Waals surface area contributed by atoms with Crippen LogP contribution in [-0.2, 0) is 23.1 Å². The van der Waals surface area contributed by atoms with Crippen molar-refractivity contribution in [1.29, 1.82) is 0 Å². The van der Waals surface area contributed by atoms with Gasteiger partial charge in [0, 0.05) is 0 Å². The molecule has 1 saturated carbocycles. The fourth-order valence-corrected chi connectivity index (χ4v) is 9.27. The van der Waals surface area contributed by atoms with Crippen molar-refractivity contribution in [3.8, 4) is 0 Å². The molecule has 2 aromatic rings. The summed E-state index contributed by atoms with van der Waals surface area (Å²) >= 11 is -2.12. The Morgan fingerprint density at radius 3 is 1.45 bits per heavy atom. The standard InChI is InChI=1S/C21H26N2.C10H14O2.2ClH.Ru/c1-14-9-16(3)20(17(4)10-14)22-7-8-23(13-22)21-18(5)11-15(2)12-19(21)6;1-7-4-5-10(6-7,8(2)11)9(3)12;;;/h9-12H,7-8H2,1-6H3;4,7H,1,5-6H2,2-3H3;2*1H;/q;-2;;;+2/p-2/t;7-;;;/m.0.../s1. The van der Waals surface area contributed by atoms with Crippen molar-refractivity contribution in [1.82, 2.24) is 0 Å². The Balaban J connectivity index is 0.000000279. The first kappa shape index (κ1) is 31.0. The molecular formula is C31H40Cl2N2O2Ru-2. The molecule has 7 heteroatoms. The normalized spacial score (nSPS) is 18.9. The number of anilines is 2. The summed E-state index contributed by atoms with van der Waals surface area (Å²) in [5.74, 6) is 0.118. The molecule has 4 nitrogen and oxygen atoms in total. The molecule has 0 bridgehead atoms. The third-order valence-electron chi connectivity index (χ3n) is 7.67. The summed E-state index contributed by atoms with van der Waals surface area (Å²) in [6.07, 6.45) is 3.13. The van der Waals surface area contributed by atoms with Crippen LogP contribution in [0.4, 0.5) is 11.4 Å². The van der Waals surface area contributed by atoms with Gasteiger partial charge in [0.1, 0.15) is 11.6 Å². The second kappa shape index (κ2) is 12.3. The van der Waals surface area contributed by atoms with Gasteiger partial charge in [0.05, 0.1) is 5.41 Å². The van der Waals surface area contributed by atoms with E-state index in [9.17, 15) is 9.59 Å². The SMILES string of the molecule is Cc1cc(C)c(N2CCN(c3c(C)cc(C)cc3C)[C]2=[Ru]([Cl])[Cl])c(C)c1.[CH2-][C@H]1[CH-]CC(C(C)=O)(C(C)=O)C1. The molecule has 0 radical (unpaired) electrons. The van der Waals surface area contributed by atoms with Gasteiger partial charge in [-0.05, 0) is 13.8 Å². The van der Waals surface area contributed by atoms with Crippen LogP contribution in [0.2, 0.25) is 0 Å². The van der Waals surface area contributed by atoms with E-state index in [1.165, 1.54) is 58.6 Å². The van der Waals surface area contributed by atoms with Gasteiger partial charge < -0.3 is 19.3 Å². The molecule has 1 aliphatic heterocycles. The number of hydrogen-bond donors (Lipinski definition) is 0. The second-order valence-electron chi connectivity index (χ2n) is 10.8. The van der Waals surface area contributed by atoms with Crippen LogP contribution in [0.15, 0.2) is 24.3 Å². The molecule has 2 fully saturated rings. The van der Waals surface area contributed by atoms with Crippen LogP contribution in [0.3, 0.4) is 0 Å². The number of Topliss-reactive ketones (excluding diaryl/α,β-unsaturated/α-hetero) is 2. The third-order valence-corrected chi connectivity index (χ3v) is 10.6. The monoisotopic (exact) mass is 644 g/mol. The number of carbonyl (C=O) groups is 2. The number of benzene rings is 2. The zero-order valence-electron chi connectivity index (χ0n) is 23.8. The maximum atomic E-state index is 11.3. The Morgan fingerprint density at radius 1 is 0.842 bits per heavy atom. The molecule has 1 heterocycles. The first-order chi connectivity index (χ1) is 17.7. The Bertz CT molecular complexity index is 1160. The first-order valence-electron chi connectivity index (χ1n) is 13.0. The van der Waals surface area contributed by atoms with E-state index in [0.29, 0.717) is 12.8 Å². The zero-order valence-corrected chi connectivity index (χ0v) is 27.1. The number of aryl methyl sites for hydroxylation is 6. The van der Waals surface area contributed by atoms with Crippen LogP contribution < -0.4 is 9.80 Å². The molecule has 0 aromatic heterocycles. The molecule has 0 N–H and O–H groups in total. The number of rotatable bonds is 4. The summed E-state index contributed by atoms with van der Waals surface area (Å²) in [4.78, 5) is 27.3. The summed E-state index contributed by atoms with van der Waals surface area (Å²) in [7, 11) is 13.3. The molecule has 0 amide bonds. The number of hydrogen-bond acceptors (Lipinski definition) is 4. The van der Waals surface area contributed by atoms with E-state index in [4.69, 9.17) is 19.4 Å². The van der Waals surface area contributed by atoms with E-state index in [1.54, 1.807) is 0 Å². The molecule has 1 aliphatic carbocycles. The molecule has 4 rings (SSSR count). The van der Waals surface area contributed by atoms with Crippen molar-refractivity contribution in [2.24, 2.45) is 11.3 Å². The summed E-state index contributed by atoms with van der Waals surface area (Å²) in [5, 5.41) is 0. The van der Waals surface area contributed by atoms with E-state index in [-0.39, 0.29) is 17.5 Å². The van der Waals surface area contributed by atoms with Crippen molar-refractivity contribution >= 4 is 46.7 Å². The van der Waals surface area contributed by atoms with Gasteiger partial charge >= 0.3 is 171 Å². The first-order valence-corrected chi connectivity index (χ1v) is 18.3. The van der Waals surface area contributed by atoms with Gasteiger partial charge in [-0.3, -0.25) is 9.59 Å². The largest absolute Gasteiger partial charge is 0.369 e. The van der Waals surface area contributed by atoms with Crippen LogP contribution in [-0.4, -0.2) is 29.0 Å². The van der Waals surface area contributed by atoms with Gasteiger partial charge in [-0.25, -0.2) is 0 Å². The van der Waals surface area contributed by atoms with Crippen LogP contribution >= 0.6 is 19.4 Å². The van der Waals surface area contributed by atoms with Crippen molar-refractivity contribution in [3.05, 3.63) is 71.0 Å². The van der Waals surface area contributed by atoms with Crippen LogP contribution in [0, 0.1) is 66.2 Å². The summed E-state index contributed by atoms with van der Waals surface area (Å²) in [6, 6.07) is 8.96. The molecule has 1 saturated heterocycles. The Labute approximate surface area is 242 Å². The van der Waals surface area contributed by atoms with Gasteiger partial charge in [-0.1, -0.05) is 6.42 Å². The van der Waals surface area contributed by atoms with Crippen molar-refractivity contribution in [2.45, 2.75) is 68.2 Å². The summed E-state index contributed by atoms with van der Waals surface area (Å²) in [6.45, 7) is 21.7. The number of carbonyl (C=O) groups excluding carboxylic acids is 2. The van der Waals surface area contributed by atoms with Gasteiger partial charge in [0.15, 0.2) is 0 Å². The second-order valence-corrected chi connectivity index (χ2v) is 16.5. The molecule has 2 aliphatic rings. The average molecular weight is 645 g/mol. The van der Waals surface area contributed by atoms with E-state index < -0.39 is 18.9 Å². The van der Waals surface area contributed by atoms with Crippen LogP contribution in [0.25, 0.3) is 0 Å². The Kier molecular flexibility index (Phi) is 10.0. The topological polar surface area (TPSA) is 40.6 Å². The third kappa shape index (κ3) is 6.26. The number of ketones is 2. The fraction of sp³-hybridized carbons (Fsp3) is 0.452. The van der Waals surface area contributed by atoms with Crippen molar-refractivity contribution in [3.63, 3.8) is 0 Å². The molecule has 2 aromatic carbocycles. The summed E-state index contributed by atoms with van der Waals surface area (Å²) < 4.78 is 1.10. The van der Waals surface area contributed by atoms with E-state index >= 15 is 0 Å². The molecule has 210 valence electrons. The minimum atomic E-state index is -2.12. The van der Waals surface area contributed by atoms with Gasteiger partial charge in [-0.15, -0.1) is 0 Å². The fourth-order valence-electron chi connectivity index (χ4n) is 6.07. The van der Waals surface area contributed by atoms with Crippen molar-refractivity contribution < 1.29 is 23.1 Å². The van der Waals surface area contributed by atoms with Crippen LogP contribution in [0.5, 0.6) is 0 Å². The van der Waals surface area contributed by atoms with Crippen molar-refractivity contribution in [2.75, 3.05) is 22.9 Å². The zero-order chi connectivity index (χ0) is 28.5. The smallest absolute Gasteiger partial charge is 0.140 e. The van der Waals surface area contributed by atoms with E-state index in [2.05, 4.69) is 82.5 Å². The van der Waals surface area contributed by atoms with Gasteiger partial charge in [-0.2, -0.15) is 6.42 Å².